The van der Waals surface area contributed by atoms with Gasteiger partial charge in [0.05, 0.1) is 33.5 Å². The summed E-state index contributed by atoms with van der Waals surface area (Å²) in [5, 5.41) is 0. The van der Waals surface area contributed by atoms with E-state index in [-0.39, 0.29) is 13.2 Å². The molecule has 0 spiro atoms. The quantitative estimate of drug-likeness (QED) is 0.0441. The van der Waals surface area contributed by atoms with Gasteiger partial charge in [-0.25, -0.2) is 9.59 Å². The fraction of sp³-hybridized carbons (Fsp3) is 0.167. The van der Waals surface area contributed by atoms with Gasteiger partial charge in [-0.1, -0.05) is 42.9 Å². The number of ether oxygens (including phenoxy) is 5. The number of carbonyl (C=O) groups is 3. The van der Waals surface area contributed by atoms with Gasteiger partial charge in [0.25, 0.3) is 0 Å². The Bertz CT molecular complexity index is 1930. The van der Waals surface area contributed by atoms with Crippen LogP contribution in [-0.4, -0.2) is 51.8 Å². The molecular weight excluding hydrogens is 632 g/mol. The van der Waals surface area contributed by atoms with Crippen LogP contribution in [0.2, 0.25) is 0 Å². The fourth-order valence-electron chi connectivity index (χ4n) is 4.49. The molecule has 50 heavy (non-hydrogen) atoms. The zero-order valence-corrected chi connectivity index (χ0v) is 27.7. The van der Waals surface area contributed by atoms with Crippen LogP contribution in [0.4, 0.5) is 0 Å². The number of rotatable bonds is 15. The predicted molar refractivity (Wildman–Crippen MR) is 191 cm³/mol. The average molecular weight is 669 g/mol. The highest BCUT2D eigenvalue weighted by atomic mass is 16.5. The van der Waals surface area contributed by atoms with Gasteiger partial charge >= 0.3 is 11.9 Å². The topological polar surface area (TPSA) is 97.4 Å². The summed E-state index contributed by atoms with van der Waals surface area (Å²) < 4.78 is 26.9. The minimum Gasteiger partial charge on any atom is -0.496 e. The molecule has 0 N–H and O–H groups in total. The molecule has 0 saturated heterocycles. The summed E-state index contributed by atoms with van der Waals surface area (Å²) in [6, 6.07) is 25.8. The summed E-state index contributed by atoms with van der Waals surface area (Å²) in [5.41, 5.74) is 5.00. The first-order valence-corrected chi connectivity index (χ1v) is 15.8. The number of methoxy groups -OCH3 is 1. The zero-order chi connectivity index (χ0) is 35.6. The molecule has 0 amide bonds. The van der Waals surface area contributed by atoms with Crippen LogP contribution in [0.15, 0.2) is 110 Å². The molecule has 8 nitrogen and oxygen atoms in total. The first kappa shape index (κ1) is 36.3. The largest absolute Gasteiger partial charge is 0.496 e. The van der Waals surface area contributed by atoms with Crippen LogP contribution in [0, 0.1) is 23.7 Å². The molecule has 4 rings (SSSR count). The van der Waals surface area contributed by atoms with E-state index >= 15 is 0 Å². The maximum Gasteiger partial charge on any atom is 0.330 e. The molecule has 0 aliphatic rings. The molecule has 0 aromatic heterocycles. The number of carbonyl (C=O) groups excluding carboxylic acids is 3. The SMILES string of the molecule is C=CC(=O)OCCCOc1ccc(C#Cc2ccc(-c3ccc(C#Cc4ccc(OCCCOC(=O)C=C)cc4)cc3OC)c(C=O)c2)cc1. The Morgan fingerprint density at radius 1 is 0.600 bits per heavy atom. The maximum atomic E-state index is 12.1. The molecule has 8 heteroatoms. The molecule has 0 unspecified atom stereocenters. The van der Waals surface area contributed by atoms with E-state index in [1.54, 1.807) is 13.2 Å². The van der Waals surface area contributed by atoms with Crippen LogP contribution in [-0.2, 0) is 19.1 Å². The highest BCUT2D eigenvalue weighted by Gasteiger charge is 2.12. The lowest BCUT2D eigenvalue weighted by Gasteiger charge is -2.11. The van der Waals surface area contributed by atoms with Gasteiger partial charge in [-0.05, 0) is 84.4 Å². The van der Waals surface area contributed by atoms with Crippen LogP contribution >= 0.6 is 0 Å². The molecule has 4 aromatic rings. The van der Waals surface area contributed by atoms with E-state index in [0.29, 0.717) is 54.4 Å². The van der Waals surface area contributed by atoms with Gasteiger partial charge in [0, 0.05) is 58.4 Å². The molecule has 0 bridgehead atoms. The molecule has 0 aliphatic carbocycles. The summed E-state index contributed by atoms with van der Waals surface area (Å²) >= 11 is 0. The van der Waals surface area contributed by atoms with E-state index in [0.717, 1.165) is 46.3 Å². The molecule has 0 atom stereocenters. The van der Waals surface area contributed by atoms with Crippen molar-refractivity contribution in [3.63, 3.8) is 0 Å². The fourth-order valence-corrected chi connectivity index (χ4v) is 4.49. The standard InChI is InChI=1S/C42H36O8/c1-4-41(44)49-26-6-24-47-36-18-12-31(13-19-36)8-10-33-16-22-38(35(28-33)30-43)39-23-17-34(29-40(39)46-3)11-9-32-14-20-37(21-15-32)48-25-7-27-50-42(45)5-2/h4-5,12-23,28-30H,1-2,6-7,24-27H2,3H3. The third-order valence-corrected chi connectivity index (χ3v) is 7.02. The van der Waals surface area contributed by atoms with Crippen molar-refractivity contribution in [2.24, 2.45) is 0 Å². The molecule has 0 aliphatic heterocycles. The van der Waals surface area contributed by atoms with Crippen LogP contribution < -0.4 is 14.2 Å². The highest BCUT2D eigenvalue weighted by molar-refractivity contribution is 5.90. The van der Waals surface area contributed by atoms with Gasteiger partial charge in [-0.2, -0.15) is 0 Å². The van der Waals surface area contributed by atoms with Crippen LogP contribution in [0.3, 0.4) is 0 Å². The first-order chi connectivity index (χ1) is 24.4. The average Bonchev–Trinajstić information content (AvgIpc) is 3.16. The number of benzene rings is 4. The summed E-state index contributed by atoms with van der Waals surface area (Å²) in [6.45, 7) is 8.07. The van der Waals surface area contributed by atoms with Crippen LogP contribution in [0.25, 0.3) is 11.1 Å². The Morgan fingerprint density at radius 2 is 1.04 bits per heavy atom. The van der Waals surface area contributed by atoms with Crippen molar-refractivity contribution < 1.29 is 38.1 Å². The van der Waals surface area contributed by atoms with E-state index in [1.165, 1.54) is 0 Å². The van der Waals surface area contributed by atoms with Crippen molar-refractivity contribution in [1.82, 2.24) is 0 Å². The Hall–Kier alpha value is -6.51. The van der Waals surface area contributed by atoms with Gasteiger partial charge in [-0.3, -0.25) is 4.79 Å². The minimum atomic E-state index is -0.453. The summed E-state index contributed by atoms with van der Waals surface area (Å²) in [7, 11) is 1.58. The zero-order valence-electron chi connectivity index (χ0n) is 27.7. The lowest BCUT2D eigenvalue weighted by molar-refractivity contribution is -0.138. The maximum absolute atomic E-state index is 12.1. The van der Waals surface area contributed by atoms with E-state index in [9.17, 15) is 14.4 Å². The van der Waals surface area contributed by atoms with Crippen molar-refractivity contribution in [3.8, 4) is 52.1 Å². The van der Waals surface area contributed by atoms with Crippen molar-refractivity contribution >= 4 is 18.2 Å². The molecular formula is C42H36O8. The van der Waals surface area contributed by atoms with E-state index in [1.807, 2.05) is 78.9 Å². The third kappa shape index (κ3) is 11.3. The molecule has 0 radical (unpaired) electrons. The van der Waals surface area contributed by atoms with Gasteiger partial charge < -0.3 is 23.7 Å². The van der Waals surface area contributed by atoms with Crippen LogP contribution in [0.5, 0.6) is 17.2 Å². The van der Waals surface area contributed by atoms with Crippen molar-refractivity contribution in [3.05, 3.63) is 138 Å². The third-order valence-electron chi connectivity index (χ3n) is 7.02. The predicted octanol–water partition coefficient (Wildman–Crippen LogP) is 6.97. The summed E-state index contributed by atoms with van der Waals surface area (Å²) in [4.78, 5) is 34.3. The van der Waals surface area contributed by atoms with Crippen molar-refractivity contribution in [2.75, 3.05) is 33.5 Å². The summed E-state index contributed by atoms with van der Waals surface area (Å²) in [5.74, 6) is 13.6. The smallest absolute Gasteiger partial charge is 0.330 e. The lowest BCUT2D eigenvalue weighted by Crippen LogP contribution is -2.06. The normalized spacial score (nSPS) is 9.86. The number of esters is 2. The Kier molecular flexibility index (Phi) is 14.1. The Labute approximate surface area is 292 Å². The summed E-state index contributed by atoms with van der Waals surface area (Å²) in [6.07, 6.45) is 4.20. The molecule has 0 saturated carbocycles. The van der Waals surface area contributed by atoms with E-state index in [4.69, 9.17) is 23.7 Å². The molecule has 252 valence electrons. The van der Waals surface area contributed by atoms with E-state index < -0.39 is 11.9 Å². The van der Waals surface area contributed by atoms with Gasteiger partial charge in [-0.15, -0.1) is 0 Å². The second-order valence-electron chi connectivity index (χ2n) is 10.5. The molecule has 0 fully saturated rings. The number of aldehydes is 1. The highest BCUT2D eigenvalue weighted by Crippen LogP contribution is 2.33. The van der Waals surface area contributed by atoms with Crippen molar-refractivity contribution in [2.45, 2.75) is 12.8 Å². The monoisotopic (exact) mass is 668 g/mol. The second kappa shape index (κ2) is 19.3. The van der Waals surface area contributed by atoms with Gasteiger partial charge in [0.15, 0.2) is 6.29 Å². The minimum absolute atomic E-state index is 0.262. The molecule has 4 aromatic carbocycles. The van der Waals surface area contributed by atoms with Gasteiger partial charge in [0.1, 0.15) is 17.2 Å². The van der Waals surface area contributed by atoms with E-state index in [2.05, 4.69) is 36.8 Å². The number of hydrogen-bond donors (Lipinski definition) is 0. The Balaban J connectivity index is 1.36. The van der Waals surface area contributed by atoms with Gasteiger partial charge in [0.2, 0.25) is 0 Å². The van der Waals surface area contributed by atoms with Crippen molar-refractivity contribution in [1.29, 1.82) is 0 Å². The first-order valence-electron chi connectivity index (χ1n) is 15.8. The second-order valence-corrected chi connectivity index (χ2v) is 10.5. The Morgan fingerprint density at radius 3 is 1.50 bits per heavy atom. The molecule has 0 heterocycles. The van der Waals surface area contributed by atoms with Crippen LogP contribution in [0.1, 0.15) is 45.5 Å². The lowest BCUT2D eigenvalue weighted by atomic mass is 9.96. The number of hydrogen-bond acceptors (Lipinski definition) is 8.